The lowest BCUT2D eigenvalue weighted by atomic mass is 10.1. The van der Waals surface area contributed by atoms with E-state index in [1.807, 2.05) is 31.2 Å². The molecule has 0 saturated carbocycles. The second-order valence-electron chi connectivity index (χ2n) is 6.53. The van der Waals surface area contributed by atoms with Crippen molar-refractivity contribution in [3.05, 3.63) is 89.5 Å². The van der Waals surface area contributed by atoms with Crippen molar-refractivity contribution in [2.75, 3.05) is 13.7 Å². The SMILES string of the molecule is CCOc1ccc(OCc2ccc(C(=O)NNC(=O)c3ccc(OC)cc3)cc2)cc1. The molecule has 0 aliphatic rings. The van der Waals surface area contributed by atoms with Gasteiger partial charge in [-0.05, 0) is 73.2 Å². The summed E-state index contributed by atoms with van der Waals surface area (Å²) >= 11 is 0. The van der Waals surface area contributed by atoms with Crippen molar-refractivity contribution in [2.24, 2.45) is 0 Å². The van der Waals surface area contributed by atoms with E-state index < -0.39 is 11.8 Å². The lowest BCUT2D eigenvalue weighted by Gasteiger charge is -2.10. The number of hydrazine groups is 1. The third kappa shape index (κ3) is 6.24. The quantitative estimate of drug-likeness (QED) is 0.542. The second-order valence-corrected chi connectivity index (χ2v) is 6.53. The molecule has 7 heteroatoms. The van der Waals surface area contributed by atoms with Crippen LogP contribution < -0.4 is 25.1 Å². The minimum absolute atomic E-state index is 0.365. The van der Waals surface area contributed by atoms with Crippen molar-refractivity contribution in [3.8, 4) is 17.2 Å². The van der Waals surface area contributed by atoms with E-state index >= 15 is 0 Å². The summed E-state index contributed by atoms with van der Waals surface area (Å²) < 4.78 is 16.2. The van der Waals surface area contributed by atoms with Gasteiger partial charge in [-0.1, -0.05) is 12.1 Å². The average molecular weight is 420 g/mol. The molecule has 0 aromatic heterocycles. The fourth-order valence-electron chi connectivity index (χ4n) is 2.72. The molecule has 3 aromatic carbocycles. The molecule has 0 spiro atoms. The standard InChI is InChI=1S/C24H24N2O5/c1-3-30-21-12-14-22(15-13-21)31-16-17-4-6-18(7-5-17)23(27)25-26-24(28)19-8-10-20(29-2)11-9-19/h4-15H,3,16H2,1-2H3,(H,25,27)(H,26,28). The van der Waals surface area contributed by atoms with Gasteiger partial charge in [0.25, 0.3) is 11.8 Å². The fourth-order valence-corrected chi connectivity index (χ4v) is 2.72. The van der Waals surface area contributed by atoms with Gasteiger partial charge >= 0.3 is 0 Å². The van der Waals surface area contributed by atoms with Gasteiger partial charge in [-0.3, -0.25) is 20.4 Å². The van der Waals surface area contributed by atoms with Crippen molar-refractivity contribution >= 4 is 11.8 Å². The highest BCUT2D eigenvalue weighted by atomic mass is 16.5. The van der Waals surface area contributed by atoms with Gasteiger partial charge in [0.2, 0.25) is 0 Å². The van der Waals surface area contributed by atoms with Crippen LogP contribution in [0, 0.1) is 0 Å². The van der Waals surface area contributed by atoms with E-state index in [2.05, 4.69) is 10.9 Å². The van der Waals surface area contributed by atoms with Crippen LogP contribution in [0.3, 0.4) is 0 Å². The number of carbonyl (C=O) groups is 2. The first-order chi connectivity index (χ1) is 15.1. The molecule has 0 saturated heterocycles. The topological polar surface area (TPSA) is 85.9 Å². The number of ether oxygens (including phenoxy) is 3. The summed E-state index contributed by atoms with van der Waals surface area (Å²) in [5.74, 6) is 1.33. The average Bonchev–Trinajstić information content (AvgIpc) is 2.82. The number of nitrogens with one attached hydrogen (secondary N) is 2. The molecule has 31 heavy (non-hydrogen) atoms. The molecule has 0 atom stereocenters. The molecule has 2 amide bonds. The van der Waals surface area contributed by atoms with E-state index in [0.29, 0.717) is 30.1 Å². The Hall–Kier alpha value is -4.00. The Morgan fingerprint density at radius 3 is 1.61 bits per heavy atom. The Morgan fingerprint density at radius 2 is 1.13 bits per heavy atom. The smallest absolute Gasteiger partial charge is 0.269 e. The van der Waals surface area contributed by atoms with Gasteiger partial charge in [-0.2, -0.15) is 0 Å². The maximum absolute atomic E-state index is 12.3. The number of hydrogen-bond acceptors (Lipinski definition) is 5. The van der Waals surface area contributed by atoms with E-state index in [4.69, 9.17) is 14.2 Å². The zero-order chi connectivity index (χ0) is 22.1. The largest absolute Gasteiger partial charge is 0.497 e. The maximum atomic E-state index is 12.3. The molecule has 0 bridgehead atoms. The van der Waals surface area contributed by atoms with Gasteiger partial charge < -0.3 is 14.2 Å². The number of carbonyl (C=O) groups excluding carboxylic acids is 2. The molecule has 2 N–H and O–H groups in total. The van der Waals surface area contributed by atoms with E-state index in [-0.39, 0.29) is 0 Å². The number of benzene rings is 3. The van der Waals surface area contributed by atoms with Crippen LogP contribution in [0.5, 0.6) is 17.2 Å². The Kier molecular flexibility index (Phi) is 7.48. The molecule has 160 valence electrons. The molecule has 0 aliphatic heterocycles. The Labute approximate surface area is 180 Å². The van der Waals surface area contributed by atoms with Crippen LogP contribution in [0.4, 0.5) is 0 Å². The van der Waals surface area contributed by atoms with Gasteiger partial charge in [0, 0.05) is 11.1 Å². The highest BCUT2D eigenvalue weighted by Gasteiger charge is 2.09. The minimum atomic E-state index is -0.420. The summed E-state index contributed by atoms with van der Waals surface area (Å²) in [6.07, 6.45) is 0. The third-order valence-electron chi connectivity index (χ3n) is 4.40. The second kappa shape index (κ2) is 10.7. The molecule has 0 heterocycles. The Balaban J connectivity index is 1.48. The first-order valence-electron chi connectivity index (χ1n) is 9.78. The predicted octanol–water partition coefficient (Wildman–Crippen LogP) is 3.75. The summed E-state index contributed by atoms with van der Waals surface area (Å²) in [7, 11) is 1.55. The monoisotopic (exact) mass is 420 g/mol. The van der Waals surface area contributed by atoms with E-state index in [1.54, 1.807) is 55.6 Å². The fraction of sp³-hybridized carbons (Fsp3) is 0.167. The maximum Gasteiger partial charge on any atom is 0.269 e. The van der Waals surface area contributed by atoms with Crippen molar-refractivity contribution in [1.82, 2.24) is 10.9 Å². The van der Waals surface area contributed by atoms with Crippen LogP contribution in [-0.2, 0) is 6.61 Å². The Bertz CT molecular complexity index is 1000. The van der Waals surface area contributed by atoms with Crippen LogP contribution in [0.1, 0.15) is 33.2 Å². The first kappa shape index (κ1) is 21.7. The summed E-state index contributed by atoms with van der Waals surface area (Å²) in [6, 6.07) is 20.9. The predicted molar refractivity (Wildman–Crippen MR) is 116 cm³/mol. The highest BCUT2D eigenvalue weighted by Crippen LogP contribution is 2.19. The van der Waals surface area contributed by atoms with Crippen LogP contribution in [0.25, 0.3) is 0 Å². The minimum Gasteiger partial charge on any atom is -0.497 e. The van der Waals surface area contributed by atoms with Crippen LogP contribution in [0.15, 0.2) is 72.8 Å². The third-order valence-corrected chi connectivity index (χ3v) is 4.40. The zero-order valence-corrected chi connectivity index (χ0v) is 17.4. The number of amides is 2. The zero-order valence-electron chi connectivity index (χ0n) is 17.4. The van der Waals surface area contributed by atoms with Crippen molar-refractivity contribution in [3.63, 3.8) is 0 Å². The Morgan fingerprint density at radius 1 is 0.677 bits per heavy atom. The van der Waals surface area contributed by atoms with Crippen molar-refractivity contribution in [1.29, 1.82) is 0 Å². The van der Waals surface area contributed by atoms with Crippen LogP contribution in [-0.4, -0.2) is 25.5 Å². The molecule has 0 unspecified atom stereocenters. The molecule has 3 aromatic rings. The molecule has 0 aliphatic carbocycles. The van der Waals surface area contributed by atoms with E-state index in [1.165, 1.54) is 0 Å². The molecule has 7 nitrogen and oxygen atoms in total. The molecule has 0 fully saturated rings. The van der Waals surface area contributed by atoms with Crippen LogP contribution in [0.2, 0.25) is 0 Å². The van der Waals surface area contributed by atoms with Gasteiger partial charge in [0.1, 0.15) is 23.9 Å². The lowest BCUT2D eigenvalue weighted by Crippen LogP contribution is -2.41. The summed E-state index contributed by atoms with van der Waals surface area (Å²) in [5, 5.41) is 0. The van der Waals surface area contributed by atoms with Gasteiger partial charge in [-0.25, -0.2) is 0 Å². The molecular formula is C24H24N2O5. The van der Waals surface area contributed by atoms with Crippen LogP contribution >= 0.6 is 0 Å². The van der Waals surface area contributed by atoms with Gasteiger partial charge in [0.05, 0.1) is 13.7 Å². The van der Waals surface area contributed by atoms with Crippen molar-refractivity contribution in [2.45, 2.75) is 13.5 Å². The first-order valence-corrected chi connectivity index (χ1v) is 9.78. The number of methoxy groups -OCH3 is 1. The summed E-state index contributed by atoms with van der Waals surface area (Å²) in [6.45, 7) is 2.92. The highest BCUT2D eigenvalue weighted by molar-refractivity contribution is 5.99. The number of hydrogen-bond donors (Lipinski definition) is 2. The number of rotatable bonds is 8. The van der Waals surface area contributed by atoms with E-state index in [0.717, 1.165) is 17.1 Å². The lowest BCUT2D eigenvalue weighted by molar-refractivity contribution is 0.0846. The van der Waals surface area contributed by atoms with Gasteiger partial charge in [-0.15, -0.1) is 0 Å². The molecule has 0 radical (unpaired) electrons. The van der Waals surface area contributed by atoms with E-state index in [9.17, 15) is 9.59 Å². The van der Waals surface area contributed by atoms with Crippen molar-refractivity contribution < 1.29 is 23.8 Å². The molecular weight excluding hydrogens is 396 g/mol. The summed E-state index contributed by atoms with van der Waals surface area (Å²) in [4.78, 5) is 24.4. The normalized spacial score (nSPS) is 10.1. The molecule has 3 rings (SSSR count). The van der Waals surface area contributed by atoms with Gasteiger partial charge in [0.15, 0.2) is 0 Å². The summed E-state index contributed by atoms with van der Waals surface area (Å²) in [5.41, 5.74) is 6.53.